The second-order valence-electron chi connectivity index (χ2n) is 10.0. The summed E-state index contributed by atoms with van der Waals surface area (Å²) in [5.41, 5.74) is 1.79. The molecule has 3 amide bonds. The summed E-state index contributed by atoms with van der Waals surface area (Å²) in [6, 6.07) is 16.0. The molecule has 6 rings (SSSR count). The van der Waals surface area contributed by atoms with E-state index in [1.54, 1.807) is 36.8 Å². The van der Waals surface area contributed by atoms with E-state index in [0.717, 1.165) is 16.2 Å². The Kier molecular flexibility index (Phi) is 9.75. The molecule has 2 saturated heterocycles. The van der Waals surface area contributed by atoms with Crippen molar-refractivity contribution in [2.24, 2.45) is 0 Å². The van der Waals surface area contributed by atoms with Gasteiger partial charge in [0.05, 0.1) is 13.4 Å². The molecular formula is C31H31N5O6S2. The van der Waals surface area contributed by atoms with E-state index in [9.17, 15) is 24.3 Å². The van der Waals surface area contributed by atoms with E-state index < -0.39 is 23.3 Å². The largest absolute Gasteiger partial charge is 0.497 e. The van der Waals surface area contributed by atoms with Crippen LogP contribution in [0.5, 0.6) is 5.75 Å². The van der Waals surface area contributed by atoms with Crippen molar-refractivity contribution in [1.29, 1.82) is 0 Å². The van der Waals surface area contributed by atoms with Gasteiger partial charge in [-0.15, -0.1) is 11.8 Å². The summed E-state index contributed by atoms with van der Waals surface area (Å²) in [6.45, 7) is 2.36. The third-order valence-electron chi connectivity index (χ3n) is 7.18. The number of hydrogen-bond donors (Lipinski definition) is 2. The standard InChI is InChI=1S/C28H27N3O6S2.C3H4N2/c1-17(32)31(39-22-6-4-3-5-7-22)24-26(34)30-23(28(35)36)20(16-38-27(24)30)14-19-12-13-29(25(19)33)15-18-8-10-21(37-2)11-9-18;1-2-5-3-4-1/h3-11,14,24,27H,12-13,15-16H2,1-2H3,(H,35,36);1-3H,(H,4,5)/t24-,27-;/m1./s1. The number of thioether (sulfide) groups is 1. The highest BCUT2D eigenvalue weighted by Gasteiger charge is 2.57. The Morgan fingerprint density at radius 1 is 1.18 bits per heavy atom. The fourth-order valence-electron chi connectivity index (χ4n) is 5.06. The molecule has 2 atom stereocenters. The summed E-state index contributed by atoms with van der Waals surface area (Å²) in [4.78, 5) is 61.4. The van der Waals surface area contributed by atoms with Crippen molar-refractivity contribution in [2.75, 3.05) is 19.4 Å². The number of nitrogens with one attached hydrogen (secondary N) is 1. The third-order valence-corrected chi connectivity index (χ3v) is 9.63. The zero-order chi connectivity index (χ0) is 31.2. The fraction of sp³-hybridized carbons (Fsp3) is 0.258. The number of β-lactam (4-membered cyclic amide) rings is 1. The molecular weight excluding hydrogens is 603 g/mol. The highest BCUT2D eigenvalue weighted by Crippen LogP contribution is 2.45. The number of imidazole rings is 1. The van der Waals surface area contributed by atoms with Crippen LogP contribution in [-0.2, 0) is 25.7 Å². The van der Waals surface area contributed by atoms with Crippen molar-refractivity contribution < 1.29 is 29.0 Å². The number of fused-ring (bicyclic) bond motifs is 1. The van der Waals surface area contributed by atoms with Crippen LogP contribution >= 0.6 is 23.7 Å². The van der Waals surface area contributed by atoms with Crippen molar-refractivity contribution in [3.8, 4) is 5.75 Å². The quantitative estimate of drug-likeness (QED) is 0.215. The molecule has 11 nitrogen and oxygen atoms in total. The van der Waals surface area contributed by atoms with Gasteiger partial charge >= 0.3 is 5.97 Å². The highest BCUT2D eigenvalue weighted by molar-refractivity contribution is 8.00. The van der Waals surface area contributed by atoms with Gasteiger partial charge in [0.15, 0.2) is 6.04 Å². The van der Waals surface area contributed by atoms with Crippen LogP contribution in [0.4, 0.5) is 0 Å². The minimum atomic E-state index is -1.23. The number of methoxy groups -OCH3 is 1. The number of likely N-dealkylation sites (tertiary alicyclic amines) is 1. The van der Waals surface area contributed by atoms with Crippen LogP contribution < -0.4 is 4.74 Å². The number of benzene rings is 2. The summed E-state index contributed by atoms with van der Waals surface area (Å²) in [5, 5.41) is 9.55. The first kappa shape index (κ1) is 31.0. The van der Waals surface area contributed by atoms with Crippen LogP contribution in [0.3, 0.4) is 0 Å². The van der Waals surface area contributed by atoms with E-state index >= 15 is 0 Å². The van der Waals surface area contributed by atoms with Crippen molar-refractivity contribution in [3.05, 3.63) is 102 Å². The maximum Gasteiger partial charge on any atom is 0.352 e. The van der Waals surface area contributed by atoms with Crippen LogP contribution in [0, 0.1) is 0 Å². The van der Waals surface area contributed by atoms with Gasteiger partial charge in [0, 0.05) is 48.6 Å². The normalized spacial score (nSPS) is 20.1. The second kappa shape index (κ2) is 13.9. The lowest BCUT2D eigenvalue weighted by Crippen LogP contribution is -2.69. The van der Waals surface area contributed by atoms with Crippen LogP contribution in [0.25, 0.3) is 0 Å². The van der Waals surface area contributed by atoms with E-state index in [1.165, 1.54) is 39.8 Å². The monoisotopic (exact) mass is 633 g/mol. The number of aliphatic carboxylic acids is 1. The molecule has 2 N–H and O–H groups in total. The van der Waals surface area contributed by atoms with Crippen LogP contribution in [0.1, 0.15) is 18.9 Å². The van der Waals surface area contributed by atoms with Gasteiger partial charge < -0.3 is 19.7 Å². The topological polar surface area (TPSA) is 136 Å². The average molecular weight is 634 g/mol. The first-order chi connectivity index (χ1) is 21.3. The number of H-pyrrole nitrogens is 1. The molecule has 44 heavy (non-hydrogen) atoms. The van der Waals surface area contributed by atoms with Gasteiger partial charge in [0.1, 0.15) is 16.8 Å². The molecule has 4 heterocycles. The van der Waals surface area contributed by atoms with E-state index in [1.807, 2.05) is 54.6 Å². The SMILES string of the molecule is COc1ccc(CN2CCC(=CC3=C(C(=O)O)N4C(=O)[C@@H](N(Sc5ccccc5)C(C)=O)[C@H]4SC3)C2=O)cc1.c1c[nH]cn1. The first-order valence-electron chi connectivity index (χ1n) is 13.8. The zero-order valence-electron chi connectivity index (χ0n) is 24.1. The van der Waals surface area contributed by atoms with Crippen molar-refractivity contribution in [3.63, 3.8) is 0 Å². The predicted octanol–water partition coefficient (Wildman–Crippen LogP) is 3.94. The molecule has 2 aromatic carbocycles. The van der Waals surface area contributed by atoms with Crippen molar-refractivity contribution in [2.45, 2.75) is 36.2 Å². The molecule has 0 radical (unpaired) electrons. The number of carboxylic acid groups (broad SMARTS) is 1. The lowest BCUT2D eigenvalue weighted by Gasteiger charge is -2.52. The zero-order valence-corrected chi connectivity index (χ0v) is 25.7. The maximum absolute atomic E-state index is 13.3. The van der Waals surface area contributed by atoms with Crippen molar-refractivity contribution >= 4 is 47.4 Å². The molecule has 3 aromatic rings. The molecule has 2 fully saturated rings. The number of carbonyl (C=O) groups is 4. The number of aromatic amines is 1. The van der Waals surface area contributed by atoms with Gasteiger partial charge in [-0.25, -0.2) is 9.78 Å². The molecule has 3 aliphatic heterocycles. The molecule has 0 saturated carbocycles. The predicted molar refractivity (Wildman–Crippen MR) is 166 cm³/mol. The number of hydrogen-bond acceptors (Lipinski definition) is 8. The number of carbonyl (C=O) groups excluding carboxylic acids is 3. The van der Waals surface area contributed by atoms with Crippen LogP contribution in [0.2, 0.25) is 0 Å². The molecule has 3 aliphatic rings. The molecule has 0 aliphatic carbocycles. The van der Waals surface area contributed by atoms with E-state index in [-0.39, 0.29) is 17.5 Å². The Morgan fingerprint density at radius 2 is 1.93 bits per heavy atom. The highest BCUT2D eigenvalue weighted by atomic mass is 32.2. The summed E-state index contributed by atoms with van der Waals surface area (Å²) in [6.07, 6.45) is 7.20. The number of aromatic nitrogens is 2. The Morgan fingerprint density at radius 3 is 2.52 bits per heavy atom. The Labute approximate surface area is 263 Å². The number of amides is 3. The van der Waals surface area contributed by atoms with Gasteiger partial charge in [0.25, 0.3) is 5.91 Å². The van der Waals surface area contributed by atoms with Gasteiger partial charge in [-0.1, -0.05) is 30.3 Å². The Bertz CT molecular complexity index is 1560. The number of rotatable bonds is 8. The van der Waals surface area contributed by atoms with Crippen molar-refractivity contribution in [1.82, 2.24) is 24.1 Å². The number of ether oxygens (including phenoxy) is 1. The van der Waals surface area contributed by atoms with Crippen LogP contribution in [-0.4, -0.2) is 83.7 Å². The van der Waals surface area contributed by atoms with E-state index in [0.29, 0.717) is 36.4 Å². The minimum Gasteiger partial charge on any atom is -0.497 e. The Hall–Kier alpha value is -4.49. The van der Waals surface area contributed by atoms with Gasteiger partial charge in [-0.2, -0.15) is 0 Å². The minimum absolute atomic E-state index is 0.123. The molecule has 228 valence electrons. The number of nitrogens with zero attached hydrogens (tertiary/aromatic N) is 4. The lowest BCUT2D eigenvalue weighted by atomic mass is 10.0. The summed E-state index contributed by atoms with van der Waals surface area (Å²) in [5.74, 6) is -1.07. The average Bonchev–Trinajstić information content (AvgIpc) is 3.72. The molecule has 0 bridgehead atoms. The van der Waals surface area contributed by atoms with Gasteiger partial charge in [-0.05, 0) is 59.8 Å². The van der Waals surface area contributed by atoms with Gasteiger partial charge in [-0.3, -0.25) is 23.6 Å². The Balaban J connectivity index is 0.000000698. The second-order valence-corrected chi connectivity index (χ2v) is 12.2. The van der Waals surface area contributed by atoms with E-state index in [2.05, 4.69) is 9.97 Å². The number of allylic oxidation sites excluding steroid dienone is 1. The van der Waals surface area contributed by atoms with Gasteiger partial charge in [0.2, 0.25) is 11.8 Å². The molecule has 1 aromatic heterocycles. The summed E-state index contributed by atoms with van der Waals surface area (Å²) < 4.78 is 6.61. The maximum atomic E-state index is 13.3. The molecule has 0 unspecified atom stereocenters. The lowest BCUT2D eigenvalue weighted by molar-refractivity contribution is -0.154. The number of carboxylic acids is 1. The molecule has 0 spiro atoms. The summed E-state index contributed by atoms with van der Waals surface area (Å²) >= 11 is 2.57. The smallest absolute Gasteiger partial charge is 0.352 e. The molecule has 13 heteroatoms. The van der Waals surface area contributed by atoms with Crippen LogP contribution in [0.15, 0.2) is 101 Å². The third kappa shape index (κ3) is 6.68. The first-order valence-corrected chi connectivity index (χ1v) is 15.6. The fourth-order valence-corrected chi connectivity index (χ4v) is 7.44. The van der Waals surface area contributed by atoms with E-state index in [4.69, 9.17) is 4.74 Å². The summed E-state index contributed by atoms with van der Waals surface area (Å²) in [7, 11) is 1.60.